The summed E-state index contributed by atoms with van der Waals surface area (Å²) in [5.74, 6) is 0.506. The van der Waals surface area contributed by atoms with Crippen LogP contribution in [0, 0.1) is 6.92 Å². The lowest BCUT2D eigenvalue weighted by atomic mass is 10.0. The summed E-state index contributed by atoms with van der Waals surface area (Å²) >= 11 is 0. The summed E-state index contributed by atoms with van der Waals surface area (Å²) in [5, 5.41) is 4.29. The molecule has 162 valence electrons. The van der Waals surface area contributed by atoms with Crippen molar-refractivity contribution in [1.82, 2.24) is 4.41 Å². The molecule has 0 radical (unpaired) electrons. The largest absolute Gasteiger partial charge is 0.467 e. The maximum Gasteiger partial charge on any atom is 0.262 e. The average Bonchev–Trinajstić information content (AvgIpc) is 3.38. The smallest absolute Gasteiger partial charge is 0.262 e. The summed E-state index contributed by atoms with van der Waals surface area (Å²) in [5.41, 5.74) is 2.31. The lowest BCUT2D eigenvalue weighted by molar-refractivity contribution is 0.322. The molecule has 0 saturated heterocycles. The van der Waals surface area contributed by atoms with Gasteiger partial charge < -0.3 is 4.42 Å². The Labute approximate surface area is 181 Å². The van der Waals surface area contributed by atoms with Crippen molar-refractivity contribution >= 4 is 31.4 Å². The maximum absolute atomic E-state index is 12.7. The maximum atomic E-state index is 12.7. The first-order valence-electron chi connectivity index (χ1n) is 9.44. The van der Waals surface area contributed by atoms with Gasteiger partial charge in [-0.05, 0) is 48.4 Å². The third-order valence-corrected chi connectivity index (χ3v) is 7.49. The van der Waals surface area contributed by atoms with Gasteiger partial charge in [-0.3, -0.25) is 4.72 Å². The van der Waals surface area contributed by atoms with Crippen LogP contribution in [0.5, 0.6) is 0 Å². The van der Waals surface area contributed by atoms with Gasteiger partial charge >= 0.3 is 0 Å². The van der Waals surface area contributed by atoms with Gasteiger partial charge in [-0.15, -0.1) is 0 Å². The summed E-state index contributed by atoms with van der Waals surface area (Å²) in [6.07, 6.45) is 2.93. The number of aryl methyl sites for hydroxylation is 1. The Balaban J connectivity index is 1.58. The molecule has 0 spiro atoms. The third-order valence-electron chi connectivity index (χ3n) is 4.94. The van der Waals surface area contributed by atoms with Gasteiger partial charge in [0.25, 0.3) is 10.0 Å². The van der Waals surface area contributed by atoms with Gasteiger partial charge in [-0.1, -0.05) is 30.3 Å². The molecule has 1 aliphatic heterocycles. The summed E-state index contributed by atoms with van der Waals surface area (Å²) in [7, 11) is -7.31. The van der Waals surface area contributed by atoms with E-state index in [2.05, 4.69) is 9.82 Å². The van der Waals surface area contributed by atoms with Crippen LogP contribution < -0.4 is 4.72 Å². The normalized spacial score (nSPS) is 16.9. The first-order chi connectivity index (χ1) is 14.6. The molecule has 1 aliphatic rings. The highest BCUT2D eigenvalue weighted by atomic mass is 32.2. The van der Waals surface area contributed by atoms with Crippen molar-refractivity contribution < 1.29 is 21.3 Å². The Bertz CT molecular complexity index is 1330. The molecular weight excluding hydrogens is 438 g/mol. The molecule has 0 bridgehead atoms. The van der Waals surface area contributed by atoms with Gasteiger partial charge in [0, 0.05) is 12.1 Å². The van der Waals surface area contributed by atoms with Crippen LogP contribution in [0.4, 0.5) is 5.69 Å². The number of nitrogens with zero attached hydrogens (tertiary/aromatic N) is 2. The fourth-order valence-electron chi connectivity index (χ4n) is 3.46. The van der Waals surface area contributed by atoms with Crippen LogP contribution in [0.1, 0.15) is 29.3 Å². The molecule has 1 atom stereocenters. The fourth-order valence-corrected chi connectivity index (χ4v) is 5.65. The van der Waals surface area contributed by atoms with E-state index in [4.69, 9.17) is 4.42 Å². The van der Waals surface area contributed by atoms with E-state index in [1.54, 1.807) is 67.6 Å². The van der Waals surface area contributed by atoms with Crippen molar-refractivity contribution in [1.29, 1.82) is 0 Å². The van der Waals surface area contributed by atoms with Crippen molar-refractivity contribution in [3.05, 3.63) is 83.8 Å². The lowest BCUT2D eigenvalue weighted by Crippen LogP contribution is -2.25. The zero-order valence-corrected chi connectivity index (χ0v) is 18.5. The molecule has 31 heavy (non-hydrogen) atoms. The van der Waals surface area contributed by atoms with Crippen LogP contribution in [0.25, 0.3) is 0 Å². The monoisotopic (exact) mass is 459 g/mol. The molecule has 1 aromatic heterocycles. The zero-order valence-electron chi connectivity index (χ0n) is 16.9. The first kappa shape index (κ1) is 21.1. The molecule has 4 rings (SSSR count). The van der Waals surface area contributed by atoms with E-state index in [0.29, 0.717) is 34.7 Å². The Kier molecular flexibility index (Phi) is 5.36. The van der Waals surface area contributed by atoms with Gasteiger partial charge in [0.2, 0.25) is 10.0 Å². The second-order valence-corrected chi connectivity index (χ2v) is 10.8. The highest BCUT2D eigenvalue weighted by Crippen LogP contribution is 2.35. The van der Waals surface area contributed by atoms with Crippen LogP contribution in [-0.4, -0.2) is 33.2 Å². The molecule has 2 heterocycles. The number of anilines is 1. The Morgan fingerprint density at radius 2 is 1.71 bits per heavy atom. The predicted molar refractivity (Wildman–Crippen MR) is 118 cm³/mol. The quantitative estimate of drug-likeness (QED) is 0.607. The van der Waals surface area contributed by atoms with E-state index in [-0.39, 0.29) is 4.90 Å². The molecule has 8 nitrogen and oxygen atoms in total. The number of hydrazone groups is 1. The predicted octanol–water partition coefficient (Wildman–Crippen LogP) is 3.50. The number of sulfonamides is 2. The zero-order chi connectivity index (χ0) is 22.2. The number of benzene rings is 2. The summed E-state index contributed by atoms with van der Waals surface area (Å²) in [6.45, 7) is 1.73. The SMILES string of the molecule is Cc1ccccc1S(=O)(=O)Nc1ccc(C2=NN(S(C)(=O)=O)[C@@H](c3ccco3)C2)cc1. The molecule has 2 aromatic carbocycles. The Morgan fingerprint density at radius 1 is 1.00 bits per heavy atom. The van der Waals surface area contributed by atoms with Crippen molar-refractivity contribution in [3.63, 3.8) is 0 Å². The number of nitrogens with one attached hydrogen (secondary N) is 1. The topological polar surface area (TPSA) is 109 Å². The molecule has 0 aliphatic carbocycles. The van der Waals surface area contributed by atoms with Crippen molar-refractivity contribution in [2.24, 2.45) is 5.10 Å². The Hall–Kier alpha value is -3.11. The second-order valence-electron chi connectivity index (χ2n) is 7.27. The molecule has 3 aromatic rings. The highest BCUT2D eigenvalue weighted by molar-refractivity contribution is 7.92. The number of hydrogen-bond acceptors (Lipinski definition) is 6. The average molecular weight is 460 g/mol. The second kappa shape index (κ2) is 7.86. The molecule has 10 heteroatoms. The van der Waals surface area contributed by atoms with E-state index in [1.807, 2.05) is 0 Å². The standard InChI is InChI=1S/C21H21N3O5S2/c1-15-6-3-4-8-21(15)31(27,28)23-17-11-9-16(10-12-17)18-14-19(20-7-5-13-29-20)24(22-18)30(2,25)26/h3-13,19,23H,14H2,1-2H3/t19-/m1/s1. The van der Waals surface area contributed by atoms with Crippen LogP contribution in [-0.2, 0) is 20.0 Å². The van der Waals surface area contributed by atoms with Gasteiger partial charge in [0.15, 0.2) is 0 Å². The molecule has 0 saturated carbocycles. The van der Waals surface area contributed by atoms with Gasteiger partial charge in [0.05, 0.1) is 23.1 Å². The third kappa shape index (κ3) is 4.35. The first-order valence-corrected chi connectivity index (χ1v) is 12.8. The molecule has 0 unspecified atom stereocenters. The van der Waals surface area contributed by atoms with Crippen molar-refractivity contribution in [3.8, 4) is 0 Å². The van der Waals surface area contributed by atoms with E-state index in [9.17, 15) is 16.8 Å². The minimum atomic E-state index is -3.72. The minimum Gasteiger partial charge on any atom is -0.467 e. The number of furan rings is 1. The molecule has 1 N–H and O–H groups in total. The van der Waals surface area contributed by atoms with Crippen LogP contribution in [0.3, 0.4) is 0 Å². The van der Waals surface area contributed by atoms with E-state index in [1.165, 1.54) is 6.26 Å². The van der Waals surface area contributed by atoms with Gasteiger partial charge in [0.1, 0.15) is 11.8 Å². The van der Waals surface area contributed by atoms with Crippen LogP contribution in [0.15, 0.2) is 81.3 Å². The number of rotatable bonds is 6. The van der Waals surface area contributed by atoms with Gasteiger partial charge in [-0.2, -0.15) is 9.52 Å². The van der Waals surface area contributed by atoms with Crippen molar-refractivity contribution in [2.45, 2.75) is 24.3 Å². The Morgan fingerprint density at radius 3 is 2.32 bits per heavy atom. The molecular formula is C21H21N3O5S2. The van der Waals surface area contributed by atoms with E-state index in [0.717, 1.165) is 10.7 Å². The van der Waals surface area contributed by atoms with Crippen molar-refractivity contribution in [2.75, 3.05) is 11.0 Å². The van der Waals surface area contributed by atoms with Gasteiger partial charge in [-0.25, -0.2) is 16.8 Å². The van der Waals surface area contributed by atoms with Crippen LogP contribution in [0.2, 0.25) is 0 Å². The van der Waals surface area contributed by atoms with Crippen LogP contribution >= 0.6 is 0 Å². The summed E-state index contributed by atoms with van der Waals surface area (Å²) in [6, 6.07) is 16.3. The lowest BCUT2D eigenvalue weighted by Gasteiger charge is -2.18. The summed E-state index contributed by atoms with van der Waals surface area (Å²) in [4.78, 5) is 0.212. The fraction of sp³-hybridized carbons (Fsp3) is 0.190. The highest BCUT2D eigenvalue weighted by Gasteiger charge is 2.36. The molecule has 0 amide bonds. The molecule has 0 fully saturated rings. The van der Waals surface area contributed by atoms with E-state index >= 15 is 0 Å². The minimum absolute atomic E-state index is 0.212. The van der Waals surface area contributed by atoms with E-state index < -0.39 is 26.1 Å². The summed E-state index contributed by atoms with van der Waals surface area (Å²) < 4.78 is 58.7. The number of hydrogen-bond donors (Lipinski definition) is 1.